The Morgan fingerprint density at radius 2 is 1.65 bits per heavy atom. The molecule has 114 valence electrons. The van der Waals surface area contributed by atoms with Gasteiger partial charge in [0.15, 0.2) is 0 Å². The van der Waals surface area contributed by atoms with Crippen molar-refractivity contribution >= 4 is 15.7 Å². The molecule has 0 atom stereocenters. The van der Waals surface area contributed by atoms with Gasteiger partial charge >= 0.3 is 0 Å². The average molecular weight is 299 g/mol. The first kappa shape index (κ1) is 16.9. The van der Waals surface area contributed by atoms with E-state index < -0.39 is 10.0 Å². The number of hydrogen-bond acceptors (Lipinski definition) is 4. The van der Waals surface area contributed by atoms with E-state index in [0.717, 1.165) is 18.5 Å². The van der Waals surface area contributed by atoms with Crippen molar-refractivity contribution in [2.45, 2.75) is 37.1 Å². The lowest BCUT2D eigenvalue weighted by Crippen LogP contribution is -2.45. The van der Waals surface area contributed by atoms with Crippen molar-refractivity contribution in [1.29, 1.82) is 0 Å². The highest BCUT2D eigenvalue weighted by molar-refractivity contribution is 7.89. The van der Waals surface area contributed by atoms with Gasteiger partial charge < -0.3 is 11.1 Å². The number of benzene rings is 1. The van der Waals surface area contributed by atoms with Gasteiger partial charge in [0, 0.05) is 31.9 Å². The molecule has 0 unspecified atom stereocenters. The Morgan fingerprint density at radius 1 is 1.15 bits per heavy atom. The van der Waals surface area contributed by atoms with Crippen LogP contribution in [-0.4, -0.2) is 38.9 Å². The third kappa shape index (κ3) is 3.94. The van der Waals surface area contributed by atoms with Gasteiger partial charge in [0.1, 0.15) is 0 Å². The van der Waals surface area contributed by atoms with E-state index in [1.165, 1.54) is 18.4 Å². The van der Waals surface area contributed by atoms with E-state index in [2.05, 4.69) is 19.2 Å². The molecule has 20 heavy (non-hydrogen) atoms. The van der Waals surface area contributed by atoms with Crippen molar-refractivity contribution in [1.82, 2.24) is 4.31 Å². The Kier molecular flexibility index (Phi) is 5.56. The minimum absolute atomic E-state index is 0.228. The summed E-state index contributed by atoms with van der Waals surface area (Å²) in [5.74, 6) is 0. The number of nitrogens with two attached hydrogens (primary N) is 1. The first-order valence-electron chi connectivity index (χ1n) is 6.80. The van der Waals surface area contributed by atoms with Crippen LogP contribution in [0.1, 0.15) is 26.7 Å². The van der Waals surface area contributed by atoms with E-state index in [-0.39, 0.29) is 10.4 Å². The summed E-state index contributed by atoms with van der Waals surface area (Å²) >= 11 is 0. The monoisotopic (exact) mass is 299 g/mol. The highest BCUT2D eigenvalue weighted by atomic mass is 32.2. The second-order valence-corrected chi connectivity index (χ2v) is 7.39. The molecule has 1 rings (SSSR count). The molecule has 0 fully saturated rings. The molecule has 0 saturated heterocycles. The molecule has 0 aliphatic carbocycles. The van der Waals surface area contributed by atoms with E-state index in [0.29, 0.717) is 6.54 Å². The van der Waals surface area contributed by atoms with Crippen molar-refractivity contribution in [3.8, 4) is 0 Å². The van der Waals surface area contributed by atoms with Crippen LogP contribution in [0, 0.1) is 0 Å². The third-order valence-electron chi connectivity index (χ3n) is 3.69. The standard InChI is InChI=1S/C14H25N3O2S/c1-5-14(15,6-2)11-16-12-7-9-13(10-8-12)20(18,19)17(3)4/h7-10,16H,5-6,11,15H2,1-4H3. The van der Waals surface area contributed by atoms with Crippen LogP contribution in [0.25, 0.3) is 0 Å². The quantitative estimate of drug-likeness (QED) is 0.806. The summed E-state index contributed by atoms with van der Waals surface area (Å²) in [6.45, 7) is 4.80. The van der Waals surface area contributed by atoms with Crippen LogP contribution in [0.2, 0.25) is 0 Å². The Bertz CT molecular complexity index is 520. The molecule has 0 saturated carbocycles. The predicted octanol–water partition coefficient (Wildman–Crippen LogP) is 1.87. The predicted molar refractivity (Wildman–Crippen MR) is 83.3 cm³/mol. The Balaban J connectivity index is 2.78. The lowest BCUT2D eigenvalue weighted by molar-refractivity contribution is 0.418. The lowest BCUT2D eigenvalue weighted by atomic mass is 9.94. The summed E-state index contributed by atoms with van der Waals surface area (Å²) < 4.78 is 25.1. The summed E-state index contributed by atoms with van der Waals surface area (Å²) in [6.07, 6.45) is 1.78. The van der Waals surface area contributed by atoms with Crippen LogP contribution in [0.3, 0.4) is 0 Å². The van der Waals surface area contributed by atoms with Gasteiger partial charge in [-0.2, -0.15) is 0 Å². The highest BCUT2D eigenvalue weighted by Gasteiger charge is 2.20. The summed E-state index contributed by atoms with van der Waals surface area (Å²) in [6, 6.07) is 6.74. The molecular weight excluding hydrogens is 274 g/mol. The number of hydrogen-bond donors (Lipinski definition) is 2. The van der Waals surface area contributed by atoms with Crippen molar-refractivity contribution in [2.24, 2.45) is 5.73 Å². The topological polar surface area (TPSA) is 75.4 Å². The second kappa shape index (κ2) is 6.56. The first-order chi connectivity index (χ1) is 9.25. The number of anilines is 1. The number of rotatable bonds is 7. The lowest BCUT2D eigenvalue weighted by Gasteiger charge is -2.27. The zero-order chi connectivity index (χ0) is 15.4. The SMILES string of the molecule is CCC(N)(CC)CNc1ccc(S(=O)(=O)N(C)C)cc1. The van der Waals surface area contributed by atoms with Crippen LogP contribution in [0.5, 0.6) is 0 Å². The van der Waals surface area contributed by atoms with Gasteiger partial charge in [-0.05, 0) is 37.1 Å². The Labute approximate surface area is 122 Å². The van der Waals surface area contributed by atoms with E-state index in [1.54, 1.807) is 24.3 Å². The molecule has 0 amide bonds. The smallest absolute Gasteiger partial charge is 0.242 e. The fourth-order valence-electron chi connectivity index (χ4n) is 1.73. The molecule has 3 N–H and O–H groups in total. The fourth-order valence-corrected chi connectivity index (χ4v) is 2.64. The molecule has 0 spiro atoms. The summed E-state index contributed by atoms with van der Waals surface area (Å²) in [4.78, 5) is 0.290. The van der Waals surface area contributed by atoms with Crippen LogP contribution in [-0.2, 0) is 10.0 Å². The number of sulfonamides is 1. The van der Waals surface area contributed by atoms with Gasteiger partial charge in [-0.15, -0.1) is 0 Å². The zero-order valence-electron chi connectivity index (χ0n) is 12.7. The van der Waals surface area contributed by atoms with Crippen LogP contribution < -0.4 is 11.1 Å². The van der Waals surface area contributed by atoms with Crippen molar-refractivity contribution in [2.75, 3.05) is 26.0 Å². The molecule has 6 heteroatoms. The van der Waals surface area contributed by atoms with Crippen molar-refractivity contribution in [3.63, 3.8) is 0 Å². The minimum Gasteiger partial charge on any atom is -0.383 e. The molecule has 0 aliphatic heterocycles. The molecular formula is C14H25N3O2S. The third-order valence-corrected chi connectivity index (χ3v) is 5.52. The van der Waals surface area contributed by atoms with E-state index in [9.17, 15) is 8.42 Å². The van der Waals surface area contributed by atoms with Crippen LogP contribution in [0.4, 0.5) is 5.69 Å². The maximum absolute atomic E-state index is 11.9. The molecule has 0 bridgehead atoms. The fraction of sp³-hybridized carbons (Fsp3) is 0.571. The largest absolute Gasteiger partial charge is 0.383 e. The number of nitrogens with one attached hydrogen (secondary N) is 1. The molecule has 0 aromatic heterocycles. The summed E-state index contributed by atoms with van der Waals surface area (Å²) in [7, 11) is -0.324. The highest BCUT2D eigenvalue weighted by Crippen LogP contribution is 2.18. The summed E-state index contributed by atoms with van der Waals surface area (Å²) in [5, 5.41) is 3.26. The van der Waals surface area contributed by atoms with Gasteiger partial charge in [0.2, 0.25) is 10.0 Å². The molecule has 0 radical (unpaired) electrons. The molecule has 0 aliphatic rings. The Hall–Kier alpha value is -1.11. The van der Waals surface area contributed by atoms with Crippen molar-refractivity contribution < 1.29 is 8.42 Å². The average Bonchev–Trinajstić information content (AvgIpc) is 2.45. The molecule has 5 nitrogen and oxygen atoms in total. The van der Waals surface area contributed by atoms with Gasteiger partial charge in [-0.1, -0.05) is 13.8 Å². The van der Waals surface area contributed by atoms with Crippen LogP contribution >= 0.6 is 0 Å². The summed E-state index contributed by atoms with van der Waals surface area (Å²) in [5.41, 5.74) is 6.86. The van der Waals surface area contributed by atoms with Crippen molar-refractivity contribution in [3.05, 3.63) is 24.3 Å². The van der Waals surface area contributed by atoms with E-state index in [1.807, 2.05) is 0 Å². The maximum Gasteiger partial charge on any atom is 0.242 e. The normalized spacial score (nSPS) is 12.7. The Morgan fingerprint density at radius 3 is 2.05 bits per heavy atom. The molecule has 1 aromatic carbocycles. The van der Waals surface area contributed by atoms with Gasteiger partial charge in [-0.25, -0.2) is 12.7 Å². The van der Waals surface area contributed by atoms with E-state index in [4.69, 9.17) is 5.73 Å². The van der Waals surface area contributed by atoms with Gasteiger partial charge in [0.05, 0.1) is 4.90 Å². The van der Waals surface area contributed by atoms with Gasteiger partial charge in [-0.3, -0.25) is 0 Å². The molecule has 1 aromatic rings. The second-order valence-electron chi connectivity index (χ2n) is 5.23. The zero-order valence-corrected chi connectivity index (χ0v) is 13.5. The van der Waals surface area contributed by atoms with E-state index >= 15 is 0 Å². The van der Waals surface area contributed by atoms with Gasteiger partial charge in [0.25, 0.3) is 0 Å². The molecule has 0 heterocycles. The van der Waals surface area contributed by atoms with Crippen LogP contribution in [0.15, 0.2) is 29.2 Å². The minimum atomic E-state index is -3.37. The number of nitrogens with zero attached hydrogens (tertiary/aromatic N) is 1. The maximum atomic E-state index is 11.9. The first-order valence-corrected chi connectivity index (χ1v) is 8.24.